The highest BCUT2D eigenvalue weighted by atomic mass is 35.5. The molecule has 31 heavy (non-hydrogen) atoms. The van der Waals surface area contributed by atoms with E-state index in [2.05, 4.69) is 25.3 Å². The molecule has 4 rings (SSSR count). The Labute approximate surface area is 187 Å². The number of ether oxygens (including phenoxy) is 3. The van der Waals surface area contributed by atoms with Gasteiger partial charge in [-0.05, 0) is 17.7 Å². The van der Waals surface area contributed by atoms with Gasteiger partial charge in [0.15, 0.2) is 5.82 Å². The summed E-state index contributed by atoms with van der Waals surface area (Å²) >= 11 is 6.04. The van der Waals surface area contributed by atoms with Gasteiger partial charge >= 0.3 is 0 Å². The number of aromatic nitrogens is 1. The fourth-order valence-corrected chi connectivity index (χ4v) is 3.69. The molecular formula is C22H28ClN5O3. The van der Waals surface area contributed by atoms with Gasteiger partial charge in [0, 0.05) is 55.6 Å². The Morgan fingerprint density at radius 1 is 1.06 bits per heavy atom. The number of halogens is 1. The van der Waals surface area contributed by atoms with Gasteiger partial charge in [-0.1, -0.05) is 23.7 Å². The van der Waals surface area contributed by atoms with Crippen LogP contribution in [0.15, 0.2) is 41.5 Å². The number of nitrogens with zero attached hydrogens (tertiary/aromatic N) is 4. The van der Waals surface area contributed by atoms with Crippen molar-refractivity contribution in [3.63, 3.8) is 0 Å². The molecule has 9 heteroatoms. The van der Waals surface area contributed by atoms with Crippen molar-refractivity contribution in [1.82, 2.24) is 9.88 Å². The van der Waals surface area contributed by atoms with Gasteiger partial charge in [-0.25, -0.2) is 0 Å². The lowest BCUT2D eigenvalue weighted by molar-refractivity contribution is 0.0320. The second kappa shape index (κ2) is 11.3. The average Bonchev–Trinajstić information content (AvgIpc) is 2.80. The lowest BCUT2D eigenvalue weighted by Crippen LogP contribution is -2.38. The van der Waals surface area contributed by atoms with E-state index in [1.807, 2.05) is 36.4 Å². The molecule has 0 amide bonds. The summed E-state index contributed by atoms with van der Waals surface area (Å²) in [6.45, 7) is 7.97. The first-order chi connectivity index (χ1) is 15.3. The maximum atomic E-state index is 6.04. The summed E-state index contributed by atoms with van der Waals surface area (Å²) in [6, 6.07) is 11.5. The first kappa shape index (κ1) is 21.8. The Morgan fingerprint density at radius 3 is 2.61 bits per heavy atom. The highest BCUT2D eigenvalue weighted by Gasteiger charge is 2.15. The first-order valence-corrected chi connectivity index (χ1v) is 11.0. The van der Waals surface area contributed by atoms with Gasteiger partial charge in [0.25, 0.3) is 0 Å². The molecule has 3 heterocycles. The van der Waals surface area contributed by atoms with Crippen molar-refractivity contribution in [1.29, 1.82) is 0 Å². The summed E-state index contributed by atoms with van der Waals surface area (Å²) in [7, 11) is 0. The van der Waals surface area contributed by atoms with Gasteiger partial charge in [0.2, 0.25) is 5.88 Å². The van der Waals surface area contributed by atoms with Crippen LogP contribution in [0.25, 0.3) is 0 Å². The smallest absolute Gasteiger partial charge is 0.217 e. The molecule has 0 radical (unpaired) electrons. The zero-order valence-electron chi connectivity index (χ0n) is 17.5. The third-order valence-corrected chi connectivity index (χ3v) is 5.40. The minimum atomic E-state index is 0.574. The van der Waals surface area contributed by atoms with Gasteiger partial charge < -0.3 is 19.1 Å². The number of nitrogens with one attached hydrogen (secondary N) is 1. The molecule has 0 aliphatic carbocycles. The molecule has 2 aliphatic heterocycles. The Morgan fingerprint density at radius 2 is 1.84 bits per heavy atom. The number of anilines is 2. The summed E-state index contributed by atoms with van der Waals surface area (Å²) in [5.41, 5.74) is 4.97. The summed E-state index contributed by atoms with van der Waals surface area (Å²) in [6.07, 6.45) is 1.72. The predicted molar refractivity (Wildman–Crippen MR) is 123 cm³/mol. The number of morpholine rings is 2. The van der Waals surface area contributed by atoms with Crippen LogP contribution in [-0.2, 0) is 9.47 Å². The van der Waals surface area contributed by atoms with Crippen molar-refractivity contribution < 1.29 is 14.2 Å². The molecular weight excluding hydrogens is 418 g/mol. The molecule has 0 spiro atoms. The van der Waals surface area contributed by atoms with Crippen LogP contribution in [0.2, 0.25) is 5.02 Å². The SMILES string of the molecule is Clc1cccc(C=NNc2cc(N3CCOCC3)cc(OCCN3CCOCC3)n2)c1. The minimum Gasteiger partial charge on any atom is -0.476 e. The van der Waals surface area contributed by atoms with Crippen molar-refractivity contribution >= 4 is 29.3 Å². The fourth-order valence-electron chi connectivity index (χ4n) is 3.49. The summed E-state index contributed by atoms with van der Waals surface area (Å²) in [4.78, 5) is 9.19. The van der Waals surface area contributed by atoms with Crippen molar-refractivity contribution in [2.75, 3.05) is 76.1 Å². The molecule has 0 saturated carbocycles. The van der Waals surface area contributed by atoms with E-state index in [9.17, 15) is 0 Å². The quantitative estimate of drug-likeness (QED) is 0.494. The van der Waals surface area contributed by atoms with Crippen molar-refractivity contribution in [2.45, 2.75) is 0 Å². The van der Waals surface area contributed by atoms with Crippen LogP contribution in [-0.4, -0.2) is 81.9 Å². The number of hydrogen-bond donors (Lipinski definition) is 1. The van der Waals surface area contributed by atoms with Crippen LogP contribution in [0, 0.1) is 0 Å². The summed E-state index contributed by atoms with van der Waals surface area (Å²) in [5, 5.41) is 4.99. The summed E-state index contributed by atoms with van der Waals surface area (Å²) in [5.74, 6) is 1.21. The molecule has 1 aromatic carbocycles. The second-order valence-electron chi connectivity index (χ2n) is 7.38. The lowest BCUT2D eigenvalue weighted by atomic mass is 10.2. The van der Waals surface area contributed by atoms with Crippen molar-refractivity contribution in [2.24, 2.45) is 5.10 Å². The monoisotopic (exact) mass is 445 g/mol. The zero-order chi connectivity index (χ0) is 21.3. The maximum Gasteiger partial charge on any atom is 0.217 e. The van der Waals surface area contributed by atoms with Gasteiger partial charge in [0.1, 0.15) is 6.61 Å². The molecule has 8 nitrogen and oxygen atoms in total. The van der Waals surface area contributed by atoms with E-state index in [1.165, 1.54) is 0 Å². The molecule has 0 bridgehead atoms. The third kappa shape index (κ3) is 6.80. The fraction of sp³-hybridized carbons (Fsp3) is 0.455. The van der Waals surface area contributed by atoms with Crippen molar-refractivity contribution in [3.05, 3.63) is 47.0 Å². The van der Waals surface area contributed by atoms with E-state index in [0.717, 1.165) is 57.2 Å². The van der Waals surface area contributed by atoms with Gasteiger partial charge in [-0.2, -0.15) is 10.1 Å². The number of benzene rings is 1. The molecule has 2 saturated heterocycles. The van der Waals surface area contributed by atoms with Crippen LogP contribution in [0.1, 0.15) is 5.56 Å². The Balaban J connectivity index is 1.43. The van der Waals surface area contributed by atoms with Crippen LogP contribution in [0.5, 0.6) is 5.88 Å². The molecule has 2 aliphatic rings. The highest BCUT2D eigenvalue weighted by molar-refractivity contribution is 6.30. The Bertz CT molecular complexity index is 870. The van der Waals surface area contributed by atoms with E-state index in [-0.39, 0.29) is 0 Å². The number of rotatable bonds is 8. The standard InChI is InChI=1S/C22H28ClN5O3/c23-19-3-1-2-18(14-19)17-24-26-21-15-20(28-7-11-30-12-8-28)16-22(25-21)31-13-6-27-4-9-29-10-5-27/h1-3,14-17H,4-13H2,(H,25,26). The highest BCUT2D eigenvalue weighted by Crippen LogP contribution is 2.25. The Hall–Kier alpha value is -2.39. The first-order valence-electron chi connectivity index (χ1n) is 10.6. The largest absolute Gasteiger partial charge is 0.476 e. The van der Waals surface area contributed by atoms with Crippen LogP contribution >= 0.6 is 11.6 Å². The van der Waals surface area contributed by atoms with Crippen molar-refractivity contribution in [3.8, 4) is 5.88 Å². The Kier molecular flexibility index (Phi) is 7.95. The molecule has 1 aromatic heterocycles. The third-order valence-electron chi connectivity index (χ3n) is 5.17. The average molecular weight is 446 g/mol. The molecule has 0 atom stereocenters. The molecule has 166 valence electrons. The number of hydrazone groups is 1. The molecule has 1 N–H and O–H groups in total. The maximum absolute atomic E-state index is 6.04. The van der Waals surface area contributed by atoms with E-state index in [4.69, 9.17) is 25.8 Å². The minimum absolute atomic E-state index is 0.574. The second-order valence-corrected chi connectivity index (χ2v) is 7.81. The van der Waals surface area contributed by atoms with E-state index in [1.54, 1.807) is 6.21 Å². The van der Waals surface area contributed by atoms with E-state index >= 15 is 0 Å². The van der Waals surface area contributed by atoms with E-state index in [0.29, 0.717) is 36.5 Å². The topological polar surface area (TPSA) is 71.5 Å². The number of hydrogen-bond acceptors (Lipinski definition) is 8. The molecule has 2 aromatic rings. The predicted octanol–water partition coefficient (Wildman–Crippen LogP) is 2.73. The van der Waals surface area contributed by atoms with E-state index < -0.39 is 0 Å². The van der Waals surface area contributed by atoms with Crippen LogP contribution in [0.4, 0.5) is 11.5 Å². The summed E-state index contributed by atoms with van der Waals surface area (Å²) < 4.78 is 16.9. The molecule has 2 fully saturated rings. The lowest BCUT2D eigenvalue weighted by Gasteiger charge is -2.29. The molecule has 0 unspecified atom stereocenters. The van der Waals surface area contributed by atoms with Gasteiger partial charge in [-0.15, -0.1) is 0 Å². The van der Waals surface area contributed by atoms with Gasteiger partial charge in [0.05, 0.1) is 32.6 Å². The van der Waals surface area contributed by atoms with Crippen LogP contribution in [0.3, 0.4) is 0 Å². The van der Waals surface area contributed by atoms with Gasteiger partial charge in [-0.3, -0.25) is 10.3 Å². The zero-order valence-corrected chi connectivity index (χ0v) is 18.3. The van der Waals surface area contributed by atoms with Crippen LogP contribution < -0.4 is 15.1 Å². The number of pyridine rings is 1. The normalized spacial score (nSPS) is 17.8.